The van der Waals surface area contributed by atoms with E-state index in [2.05, 4.69) is 5.32 Å². The molecular weight excluding hydrogens is 521 g/mol. The lowest BCUT2D eigenvalue weighted by molar-refractivity contribution is -0.140. The molecule has 0 saturated carbocycles. The van der Waals surface area contributed by atoms with Gasteiger partial charge in [0.15, 0.2) is 0 Å². The van der Waals surface area contributed by atoms with Crippen LogP contribution in [-0.4, -0.2) is 49.5 Å². The Labute approximate surface area is 216 Å². The molecule has 11 heteroatoms. The Balaban J connectivity index is 2.48. The molecule has 0 aromatic heterocycles. The lowest BCUT2D eigenvalue weighted by Gasteiger charge is -2.33. The molecule has 0 saturated heterocycles. The Bertz CT molecular complexity index is 1150. The van der Waals surface area contributed by atoms with E-state index in [0.29, 0.717) is 15.6 Å². The molecule has 1 N–H and O–H groups in total. The molecule has 0 aliphatic heterocycles. The maximum Gasteiger partial charge on any atom is 0.244 e. The Hall–Kier alpha value is -2.00. The fourth-order valence-electron chi connectivity index (χ4n) is 3.16. The quantitative estimate of drug-likeness (QED) is 0.516. The van der Waals surface area contributed by atoms with E-state index in [1.54, 1.807) is 37.3 Å². The number of nitrogens with zero attached hydrogens (tertiary/aromatic N) is 2. The number of carbonyl (C=O) groups excluding carboxylic acids is 2. The molecule has 0 aliphatic rings. The van der Waals surface area contributed by atoms with Gasteiger partial charge in [0, 0.05) is 27.7 Å². The molecule has 0 heterocycles. The second-order valence-electron chi connectivity index (χ2n) is 8.86. The van der Waals surface area contributed by atoms with Crippen LogP contribution in [0.5, 0.6) is 0 Å². The number of nitrogens with one attached hydrogen (secondary N) is 1. The Morgan fingerprint density at radius 1 is 0.971 bits per heavy atom. The van der Waals surface area contributed by atoms with Crippen LogP contribution >= 0.6 is 34.8 Å². The molecule has 0 radical (unpaired) electrons. The molecule has 0 spiro atoms. The number of amides is 2. The summed E-state index contributed by atoms with van der Waals surface area (Å²) >= 11 is 18.8. The van der Waals surface area contributed by atoms with Crippen LogP contribution in [0.3, 0.4) is 0 Å². The smallest absolute Gasteiger partial charge is 0.244 e. The fraction of sp³-hybridized carbons (Fsp3) is 0.391. The van der Waals surface area contributed by atoms with E-state index >= 15 is 0 Å². The van der Waals surface area contributed by atoms with Crippen LogP contribution in [0.1, 0.15) is 33.3 Å². The highest BCUT2D eigenvalue weighted by Crippen LogP contribution is 2.29. The van der Waals surface area contributed by atoms with Crippen molar-refractivity contribution in [2.75, 3.05) is 17.1 Å². The normalized spacial score (nSPS) is 12.7. The number of hydrogen-bond donors (Lipinski definition) is 1. The molecular formula is C23H28Cl3N3O4S. The summed E-state index contributed by atoms with van der Waals surface area (Å²) < 4.78 is 26.1. The van der Waals surface area contributed by atoms with Gasteiger partial charge in [0.05, 0.1) is 17.0 Å². The molecule has 34 heavy (non-hydrogen) atoms. The van der Waals surface area contributed by atoms with E-state index in [1.807, 2.05) is 20.8 Å². The van der Waals surface area contributed by atoms with Crippen LogP contribution in [0.25, 0.3) is 0 Å². The maximum atomic E-state index is 13.5. The molecule has 0 fully saturated rings. The standard InChI is InChI=1S/C23H28Cl3N3O4S/c1-15(22(31)27-23(2,3)4)28(13-16-17(24)10-8-11-18(16)25)21(30)14-29(34(5,32)33)20-12-7-6-9-19(20)26/h6-12,15H,13-14H2,1-5H3,(H,27,31)/t15-/m0/s1. The third-order valence-electron chi connectivity index (χ3n) is 4.86. The minimum atomic E-state index is -3.88. The number of para-hydroxylation sites is 1. The Morgan fingerprint density at radius 2 is 1.50 bits per heavy atom. The molecule has 0 aliphatic carbocycles. The topological polar surface area (TPSA) is 86.8 Å². The first-order valence-electron chi connectivity index (χ1n) is 10.4. The predicted octanol–water partition coefficient (Wildman–Crippen LogP) is 4.74. The van der Waals surface area contributed by atoms with Gasteiger partial charge < -0.3 is 10.2 Å². The number of sulfonamides is 1. The van der Waals surface area contributed by atoms with Gasteiger partial charge in [-0.15, -0.1) is 0 Å². The SMILES string of the molecule is C[C@@H](C(=O)NC(C)(C)C)N(Cc1c(Cl)cccc1Cl)C(=O)CN(c1ccccc1Cl)S(C)(=O)=O. The van der Waals surface area contributed by atoms with Gasteiger partial charge in [-0.3, -0.25) is 13.9 Å². The average Bonchev–Trinajstić information content (AvgIpc) is 2.70. The monoisotopic (exact) mass is 547 g/mol. The average molecular weight is 549 g/mol. The van der Waals surface area contributed by atoms with Crippen LogP contribution < -0.4 is 9.62 Å². The Morgan fingerprint density at radius 3 is 2.00 bits per heavy atom. The number of anilines is 1. The molecule has 2 aromatic carbocycles. The summed E-state index contributed by atoms with van der Waals surface area (Å²) in [5.74, 6) is -1.04. The van der Waals surface area contributed by atoms with E-state index in [1.165, 1.54) is 17.0 Å². The van der Waals surface area contributed by atoms with Crippen LogP contribution in [0.15, 0.2) is 42.5 Å². The zero-order valence-electron chi connectivity index (χ0n) is 19.6. The van der Waals surface area contributed by atoms with E-state index < -0.39 is 40.0 Å². The molecule has 0 unspecified atom stereocenters. The minimum Gasteiger partial charge on any atom is -0.350 e. The van der Waals surface area contributed by atoms with Crippen molar-refractivity contribution < 1.29 is 18.0 Å². The number of carbonyl (C=O) groups is 2. The van der Waals surface area contributed by atoms with Crippen LogP contribution in [-0.2, 0) is 26.2 Å². The zero-order valence-corrected chi connectivity index (χ0v) is 22.7. The van der Waals surface area contributed by atoms with Crippen molar-refractivity contribution in [2.24, 2.45) is 0 Å². The highest BCUT2D eigenvalue weighted by atomic mass is 35.5. The summed E-state index contributed by atoms with van der Waals surface area (Å²) in [5, 5.41) is 3.65. The minimum absolute atomic E-state index is 0.101. The maximum absolute atomic E-state index is 13.5. The van der Waals surface area contributed by atoms with E-state index in [-0.39, 0.29) is 17.3 Å². The summed E-state index contributed by atoms with van der Waals surface area (Å²) in [7, 11) is -3.88. The fourth-order valence-corrected chi connectivity index (χ4v) is 4.83. The second kappa shape index (κ2) is 11.2. The first-order chi connectivity index (χ1) is 15.6. The van der Waals surface area contributed by atoms with Crippen molar-refractivity contribution in [1.29, 1.82) is 0 Å². The molecule has 186 valence electrons. The molecule has 0 bridgehead atoms. The summed E-state index contributed by atoms with van der Waals surface area (Å²) in [6.07, 6.45) is 0.981. The van der Waals surface area contributed by atoms with Gasteiger partial charge >= 0.3 is 0 Å². The van der Waals surface area contributed by atoms with Crippen molar-refractivity contribution in [2.45, 2.75) is 45.8 Å². The third kappa shape index (κ3) is 7.50. The van der Waals surface area contributed by atoms with Crippen LogP contribution in [0.4, 0.5) is 5.69 Å². The van der Waals surface area contributed by atoms with Gasteiger partial charge in [0.1, 0.15) is 12.6 Å². The lowest BCUT2D eigenvalue weighted by Crippen LogP contribution is -2.54. The van der Waals surface area contributed by atoms with E-state index in [9.17, 15) is 18.0 Å². The third-order valence-corrected chi connectivity index (χ3v) is 7.01. The van der Waals surface area contributed by atoms with Gasteiger partial charge in [-0.05, 0) is 52.0 Å². The highest BCUT2D eigenvalue weighted by molar-refractivity contribution is 7.92. The van der Waals surface area contributed by atoms with Gasteiger partial charge in [0.2, 0.25) is 21.8 Å². The summed E-state index contributed by atoms with van der Waals surface area (Å²) in [4.78, 5) is 27.7. The summed E-state index contributed by atoms with van der Waals surface area (Å²) in [5.41, 5.74) is 0.0547. The largest absolute Gasteiger partial charge is 0.350 e. The first kappa shape index (κ1) is 28.2. The lowest BCUT2D eigenvalue weighted by atomic mass is 10.1. The highest BCUT2D eigenvalue weighted by Gasteiger charge is 2.32. The summed E-state index contributed by atoms with van der Waals surface area (Å²) in [6.45, 7) is 6.34. The molecule has 2 rings (SSSR count). The number of benzene rings is 2. The van der Waals surface area contributed by atoms with Crippen molar-refractivity contribution >= 4 is 62.3 Å². The molecule has 7 nitrogen and oxygen atoms in total. The van der Waals surface area contributed by atoms with Gasteiger partial charge in [0.25, 0.3) is 0 Å². The van der Waals surface area contributed by atoms with Crippen molar-refractivity contribution in [1.82, 2.24) is 10.2 Å². The number of rotatable bonds is 8. The van der Waals surface area contributed by atoms with Crippen LogP contribution in [0, 0.1) is 0 Å². The molecule has 2 aromatic rings. The van der Waals surface area contributed by atoms with E-state index in [0.717, 1.165) is 10.6 Å². The van der Waals surface area contributed by atoms with Crippen molar-refractivity contribution in [3.05, 3.63) is 63.1 Å². The number of hydrogen-bond acceptors (Lipinski definition) is 4. The first-order valence-corrected chi connectivity index (χ1v) is 13.4. The van der Waals surface area contributed by atoms with Gasteiger partial charge in [-0.1, -0.05) is 53.0 Å². The predicted molar refractivity (Wildman–Crippen MR) is 138 cm³/mol. The zero-order chi connectivity index (χ0) is 25.8. The molecule has 2 amide bonds. The van der Waals surface area contributed by atoms with Gasteiger partial charge in [-0.2, -0.15) is 0 Å². The van der Waals surface area contributed by atoms with Crippen molar-refractivity contribution in [3.63, 3.8) is 0 Å². The second-order valence-corrected chi connectivity index (χ2v) is 12.0. The molecule has 1 atom stereocenters. The van der Waals surface area contributed by atoms with E-state index in [4.69, 9.17) is 34.8 Å². The van der Waals surface area contributed by atoms with Crippen LogP contribution in [0.2, 0.25) is 15.1 Å². The summed E-state index contributed by atoms with van der Waals surface area (Å²) in [6, 6.07) is 10.3. The van der Waals surface area contributed by atoms with Gasteiger partial charge in [-0.25, -0.2) is 8.42 Å². The number of halogens is 3. The van der Waals surface area contributed by atoms with Crippen molar-refractivity contribution in [3.8, 4) is 0 Å². The Kier molecular flexibility index (Phi) is 9.27.